The van der Waals surface area contributed by atoms with Crippen LogP contribution in [0.1, 0.15) is 57.0 Å². The predicted octanol–water partition coefficient (Wildman–Crippen LogP) is 4.73. The summed E-state index contributed by atoms with van der Waals surface area (Å²) in [5.74, 6) is -2.87. The number of hydrogen-bond donors (Lipinski definition) is 1. The number of nitrogens with zero attached hydrogens (tertiary/aromatic N) is 1. The zero-order valence-corrected chi connectivity index (χ0v) is 23.5. The SMILES string of the molecule is C[C@@H]1C[C@H]2[C@@H]3CCC4=CC(=O)C=C[C@]4(C)[C@@]3(F)[C@@H](O)C[C@]2(C)[C@@]1(OC(=O)c1ccco1)C(=O)SC(=O)N(C)C. The average molecular weight is 560 g/mol. The van der Waals surface area contributed by atoms with Crippen LogP contribution in [0.4, 0.5) is 9.18 Å². The molecule has 4 aliphatic rings. The molecule has 1 aromatic heterocycles. The molecule has 1 amide bonds. The number of hydrogen-bond acceptors (Lipinski definition) is 8. The van der Waals surface area contributed by atoms with Crippen LogP contribution in [-0.2, 0) is 14.3 Å². The van der Waals surface area contributed by atoms with Gasteiger partial charge in [0.2, 0.25) is 10.9 Å². The Morgan fingerprint density at radius 3 is 2.59 bits per heavy atom. The lowest BCUT2D eigenvalue weighted by atomic mass is 9.45. The number of carbonyl (C=O) groups is 4. The summed E-state index contributed by atoms with van der Waals surface area (Å²) < 4.78 is 28.9. The maximum absolute atomic E-state index is 17.5. The van der Waals surface area contributed by atoms with Crippen LogP contribution in [0, 0.1) is 28.6 Å². The minimum Gasteiger partial charge on any atom is -0.457 e. The zero-order valence-electron chi connectivity index (χ0n) is 22.7. The third-order valence-electron chi connectivity index (χ3n) is 10.0. The molecule has 8 nitrogen and oxygen atoms in total. The highest BCUT2D eigenvalue weighted by Gasteiger charge is 2.77. The number of allylic oxidation sites excluding steroid dienone is 4. The number of rotatable bonds is 3. The predicted molar refractivity (Wildman–Crippen MR) is 141 cm³/mol. The number of ketones is 1. The van der Waals surface area contributed by atoms with E-state index in [0.717, 1.165) is 0 Å². The molecule has 10 heteroatoms. The van der Waals surface area contributed by atoms with Gasteiger partial charge in [-0.05, 0) is 62.8 Å². The van der Waals surface area contributed by atoms with Gasteiger partial charge < -0.3 is 19.2 Å². The van der Waals surface area contributed by atoms with E-state index in [1.54, 1.807) is 26.8 Å². The van der Waals surface area contributed by atoms with Crippen molar-refractivity contribution < 1.29 is 37.8 Å². The molecule has 0 unspecified atom stereocenters. The number of furan rings is 1. The molecule has 210 valence electrons. The quantitative estimate of drug-likeness (QED) is 0.529. The lowest BCUT2D eigenvalue weighted by molar-refractivity contribution is -0.216. The van der Waals surface area contributed by atoms with Crippen molar-refractivity contribution in [3.05, 3.63) is 48.0 Å². The number of fused-ring (bicyclic) bond motifs is 5. The van der Waals surface area contributed by atoms with E-state index in [9.17, 15) is 24.3 Å². The van der Waals surface area contributed by atoms with Crippen molar-refractivity contribution in [2.75, 3.05) is 14.1 Å². The van der Waals surface area contributed by atoms with E-state index >= 15 is 4.39 Å². The lowest BCUT2D eigenvalue weighted by Gasteiger charge is -2.62. The average Bonchev–Trinajstić information content (AvgIpc) is 3.47. The fourth-order valence-electron chi connectivity index (χ4n) is 8.06. The molecule has 8 atom stereocenters. The van der Waals surface area contributed by atoms with Gasteiger partial charge in [-0.15, -0.1) is 0 Å². The Balaban J connectivity index is 1.62. The maximum Gasteiger partial charge on any atom is 0.375 e. The van der Waals surface area contributed by atoms with Crippen LogP contribution in [-0.4, -0.2) is 63.6 Å². The molecule has 1 aromatic rings. The minimum absolute atomic E-state index is 0.0986. The third kappa shape index (κ3) is 3.66. The Labute approximate surface area is 231 Å². The Morgan fingerprint density at radius 1 is 1.23 bits per heavy atom. The van der Waals surface area contributed by atoms with E-state index in [1.165, 1.54) is 49.5 Å². The summed E-state index contributed by atoms with van der Waals surface area (Å²) in [6.45, 7) is 5.27. The van der Waals surface area contributed by atoms with Crippen LogP contribution in [0.3, 0.4) is 0 Å². The number of aliphatic hydroxyl groups excluding tert-OH is 1. The standard InChI is InChI=1S/C29H34FNO7S/c1-16-13-20-19-9-8-17-14-18(32)10-11-26(17,2)28(19,30)22(33)15-27(20,3)29(16,24(35)39-25(36)31(4)5)38-23(34)21-7-6-12-37-21/h6-7,10-12,14,16,19-20,22,33H,8-9,13,15H2,1-5H3/t16-,19+,20+,22+,26+,27+,28+,29+/m1/s1. The van der Waals surface area contributed by atoms with Gasteiger partial charge in [0, 0.05) is 48.5 Å². The van der Waals surface area contributed by atoms with Crippen molar-refractivity contribution in [2.24, 2.45) is 28.6 Å². The third-order valence-corrected chi connectivity index (χ3v) is 11.0. The highest BCUT2D eigenvalue weighted by Crippen LogP contribution is 2.71. The van der Waals surface area contributed by atoms with E-state index in [0.29, 0.717) is 36.6 Å². The molecular formula is C29H34FNO7S. The summed E-state index contributed by atoms with van der Waals surface area (Å²) >= 11 is 0.456. The van der Waals surface area contributed by atoms with Gasteiger partial charge in [-0.2, -0.15) is 0 Å². The molecule has 0 aromatic carbocycles. The molecule has 0 bridgehead atoms. The van der Waals surface area contributed by atoms with Crippen molar-refractivity contribution in [1.82, 2.24) is 4.90 Å². The van der Waals surface area contributed by atoms with E-state index < -0.39 is 62.3 Å². The van der Waals surface area contributed by atoms with E-state index in [4.69, 9.17) is 9.15 Å². The Bertz CT molecular complexity index is 1290. The van der Waals surface area contributed by atoms with Gasteiger partial charge >= 0.3 is 5.97 Å². The van der Waals surface area contributed by atoms with Gasteiger partial charge in [-0.3, -0.25) is 14.4 Å². The molecule has 39 heavy (non-hydrogen) atoms. The first-order chi connectivity index (χ1) is 18.2. The smallest absolute Gasteiger partial charge is 0.375 e. The van der Waals surface area contributed by atoms with Gasteiger partial charge in [-0.25, -0.2) is 9.18 Å². The molecular weight excluding hydrogens is 525 g/mol. The molecule has 3 fully saturated rings. The zero-order chi connectivity index (χ0) is 28.5. The molecule has 4 aliphatic carbocycles. The number of carbonyl (C=O) groups excluding carboxylic acids is 4. The monoisotopic (exact) mass is 559 g/mol. The minimum atomic E-state index is -2.10. The summed E-state index contributed by atoms with van der Waals surface area (Å²) in [6.07, 6.45) is 5.20. The highest BCUT2D eigenvalue weighted by atomic mass is 32.2. The van der Waals surface area contributed by atoms with Crippen LogP contribution < -0.4 is 0 Å². The highest BCUT2D eigenvalue weighted by molar-refractivity contribution is 8.26. The van der Waals surface area contributed by atoms with E-state index in [2.05, 4.69) is 0 Å². The molecule has 1 heterocycles. The topological polar surface area (TPSA) is 114 Å². The summed E-state index contributed by atoms with van der Waals surface area (Å²) in [6, 6.07) is 2.95. The van der Waals surface area contributed by atoms with Crippen molar-refractivity contribution in [3.63, 3.8) is 0 Å². The number of aliphatic hydroxyl groups is 1. The number of halogens is 1. The Hall–Kier alpha value is -2.72. The van der Waals surface area contributed by atoms with Crippen molar-refractivity contribution in [1.29, 1.82) is 0 Å². The van der Waals surface area contributed by atoms with E-state index in [1.807, 2.05) is 0 Å². The van der Waals surface area contributed by atoms with E-state index in [-0.39, 0.29) is 18.0 Å². The molecule has 3 saturated carbocycles. The molecule has 1 N–H and O–H groups in total. The first-order valence-corrected chi connectivity index (χ1v) is 14.1. The fraction of sp³-hybridized carbons (Fsp3) is 0.586. The van der Waals surface area contributed by atoms with Crippen LogP contribution in [0.15, 0.2) is 46.6 Å². The van der Waals surface area contributed by atoms with Gasteiger partial charge in [0.1, 0.15) is 0 Å². The second-order valence-electron chi connectivity index (χ2n) is 12.1. The first-order valence-electron chi connectivity index (χ1n) is 13.2. The lowest BCUT2D eigenvalue weighted by Crippen LogP contribution is -2.69. The van der Waals surface area contributed by atoms with Gasteiger partial charge in [0.25, 0.3) is 5.24 Å². The number of alkyl halides is 1. The van der Waals surface area contributed by atoms with Gasteiger partial charge in [0.05, 0.1) is 12.4 Å². The first kappa shape index (κ1) is 27.8. The number of amides is 1. The van der Waals surface area contributed by atoms with Crippen LogP contribution in [0.2, 0.25) is 0 Å². The van der Waals surface area contributed by atoms with Gasteiger partial charge in [0.15, 0.2) is 17.1 Å². The molecule has 5 rings (SSSR count). The summed E-state index contributed by atoms with van der Waals surface area (Å²) in [5, 5.41) is 10.5. The number of ether oxygens (including phenoxy) is 1. The maximum atomic E-state index is 17.5. The summed E-state index contributed by atoms with van der Waals surface area (Å²) in [7, 11) is 3.04. The Morgan fingerprint density at radius 2 is 1.95 bits per heavy atom. The van der Waals surface area contributed by atoms with Crippen molar-refractivity contribution in [2.45, 2.75) is 63.8 Å². The summed E-state index contributed by atoms with van der Waals surface area (Å²) in [4.78, 5) is 53.4. The fourth-order valence-corrected chi connectivity index (χ4v) is 9.03. The van der Waals surface area contributed by atoms with Crippen LogP contribution in [0.5, 0.6) is 0 Å². The van der Waals surface area contributed by atoms with Crippen molar-refractivity contribution >= 4 is 33.9 Å². The van der Waals surface area contributed by atoms with Gasteiger partial charge in [-0.1, -0.05) is 25.5 Å². The molecule has 0 spiro atoms. The second-order valence-corrected chi connectivity index (χ2v) is 13.0. The molecule has 0 saturated heterocycles. The number of esters is 1. The number of thioether (sulfide) groups is 1. The van der Waals surface area contributed by atoms with Crippen LogP contribution >= 0.6 is 11.8 Å². The second kappa shape index (κ2) is 9.16. The largest absolute Gasteiger partial charge is 0.457 e. The summed E-state index contributed by atoms with van der Waals surface area (Å²) in [5.41, 5.74) is -5.65. The van der Waals surface area contributed by atoms with Crippen molar-refractivity contribution in [3.8, 4) is 0 Å². The van der Waals surface area contributed by atoms with Crippen LogP contribution in [0.25, 0.3) is 0 Å². The normalized spacial score (nSPS) is 40.7. The molecule has 0 radical (unpaired) electrons. The Kier molecular flexibility index (Phi) is 6.54. The molecule has 0 aliphatic heterocycles.